The van der Waals surface area contributed by atoms with Crippen molar-refractivity contribution < 1.29 is 17.9 Å². The van der Waals surface area contributed by atoms with E-state index in [1.54, 1.807) is 0 Å². The van der Waals surface area contributed by atoms with Crippen LogP contribution < -0.4 is 10.3 Å². The van der Waals surface area contributed by atoms with Gasteiger partial charge in [-0.25, -0.2) is 4.98 Å². The summed E-state index contributed by atoms with van der Waals surface area (Å²) in [5.74, 6) is -0.393. The summed E-state index contributed by atoms with van der Waals surface area (Å²) in [4.78, 5) is 19.6. The van der Waals surface area contributed by atoms with Gasteiger partial charge >= 0.3 is 6.18 Å². The lowest BCUT2D eigenvalue weighted by atomic mass is 10.0. The van der Waals surface area contributed by atoms with E-state index in [4.69, 9.17) is 4.74 Å². The summed E-state index contributed by atoms with van der Waals surface area (Å²) < 4.78 is 44.1. The van der Waals surface area contributed by atoms with Gasteiger partial charge in [0.25, 0.3) is 5.56 Å². The zero-order chi connectivity index (χ0) is 18.3. The van der Waals surface area contributed by atoms with Gasteiger partial charge in [0.05, 0.1) is 11.3 Å². The number of H-pyrrole nitrogens is 1. The van der Waals surface area contributed by atoms with E-state index < -0.39 is 17.6 Å². The molecule has 4 rings (SSSR count). The highest BCUT2D eigenvalue weighted by Gasteiger charge is 2.36. The Morgan fingerprint density at radius 3 is 2.88 bits per heavy atom. The molecular weight excluding hydrogens is 347 g/mol. The fourth-order valence-electron chi connectivity index (χ4n) is 3.29. The third-order valence-corrected chi connectivity index (χ3v) is 4.53. The predicted octanol–water partition coefficient (Wildman–Crippen LogP) is 2.62. The molecule has 0 saturated carbocycles. The molecule has 26 heavy (non-hydrogen) atoms. The number of aromatic nitrogens is 2. The quantitative estimate of drug-likeness (QED) is 0.891. The minimum atomic E-state index is -4.65. The number of rotatable bonds is 2. The molecule has 2 aliphatic rings. The number of aromatic amines is 1. The third kappa shape index (κ3) is 3.24. The van der Waals surface area contributed by atoms with E-state index >= 15 is 0 Å². The first-order valence-corrected chi connectivity index (χ1v) is 8.23. The highest BCUT2D eigenvalue weighted by atomic mass is 19.4. The Morgan fingerprint density at radius 2 is 2.08 bits per heavy atom. The molecule has 136 valence electrons. The first kappa shape index (κ1) is 16.8. The Labute approximate surface area is 147 Å². The van der Waals surface area contributed by atoms with Gasteiger partial charge in [0.15, 0.2) is 0 Å². The molecule has 1 aromatic carbocycles. The van der Waals surface area contributed by atoms with Crippen molar-refractivity contribution in [1.82, 2.24) is 14.9 Å². The summed E-state index contributed by atoms with van der Waals surface area (Å²) in [6.07, 6.45) is -2.28. The molecule has 0 radical (unpaired) electrons. The fraction of sp³-hybridized carbons (Fsp3) is 0.333. The largest absolute Gasteiger partial charge is 0.489 e. The number of nitrogens with zero attached hydrogens (tertiary/aromatic N) is 2. The summed E-state index contributed by atoms with van der Waals surface area (Å²) in [6.45, 7) is 1.87. The highest BCUT2D eigenvalue weighted by Crippen LogP contribution is 2.28. The molecule has 0 bridgehead atoms. The van der Waals surface area contributed by atoms with Gasteiger partial charge in [0.1, 0.15) is 12.4 Å². The SMILES string of the molecule is O=c1[nH]c(C(F)(F)F)nc2c1CN(CC1=Cc3ccccc3OC1)CC2. The lowest BCUT2D eigenvalue weighted by molar-refractivity contribution is -0.145. The molecular formula is C18H16F3N3O2. The van der Waals surface area contributed by atoms with Crippen LogP contribution in [0.3, 0.4) is 0 Å². The van der Waals surface area contributed by atoms with Crippen LogP contribution in [0, 0.1) is 0 Å². The number of para-hydroxylation sites is 1. The average molecular weight is 363 g/mol. The van der Waals surface area contributed by atoms with Gasteiger partial charge in [0.2, 0.25) is 5.82 Å². The Morgan fingerprint density at radius 1 is 1.27 bits per heavy atom. The summed E-state index contributed by atoms with van der Waals surface area (Å²) in [7, 11) is 0. The normalized spacial score (nSPS) is 17.1. The van der Waals surface area contributed by atoms with Crippen LogP contribution in [0.15, 0.2) is 34.6 Å². The van der Waals surface area contributed by atoms with Crippen LogP contribution in [0.5, 0.6) is 5.75 Å². The molecule has 0 spiro atoms. The van der Waals surface area contributed by atoms with Crippen molar-refractivity contribution in [1.29, 1.82) is 0 Å². The van der Waals surface area contributed by atoms with Crippen LogP contribution in [0.4, 0.5) is 13.2 Å². The Balaban J connectivity index is 1.53. The molecule has 0 unspecified atom stereocenters. The van der Waals surface area contributed by atoms with E-state index in [0.717, 1.165) is 16.9 Å². The second kappa shape index (κ2) is 6.28. The van der Waals surface area contributed by atoms with Crippen LogP contribution >= 0.6 is 0 Å². The van der Waals surface area contributed by atoms with Gasteiger partial charge in [0, 0.05) is 31.6 Å². The van der Waals surface area contributed by atoms with E-state index in [9.17, 15) is 18.0 Å². The van der Waals surface area contributed by atoms with Crippen LogP contribution in [0.2, 0.25) is 0 Å². The molecule has 0 amide bonds. The maximum atomic E-state index is 12.8. The summed E-state index contributed by atoms with van der Waals surface area (Å²) >= 11 is 0. The molecule has 0 aliphatic carbocycles. The van der Waals surface area contributed by atoms with Crippen LogP contribution in [0.25, 0.3) is 6.08 Å². The molecule has 1 N–H and O–H groups in total. The van der Waals surface area contributed by atoms with Crippen molar-refractivity contribution in [2.75, 3.05) is 19.7 Å². The molecule has 0 atom stereocenters. The zero-order valence-electron chi connectivity index (χ0n) is 13.8. The van der Waals surface area contributed by atoms with Crippen LogP contribution in [-0.2, 0) is 19.1 Å². The smallest absolute Gasteiger partial charge is 0.449 e. The van der Waals surface area contributed by atoms with E-state index in [1.165, 1.54) is 0 Å². The minimum Gasteiger partial charge on any atom is -0.489 e. The number of nitrogens with one attached hydrogen (secondary N) is 1. The van der Waals surface area contributed by atoms with Crippen molar-refractivity contribution in [2.45, 2.75) is 19.1 Å². The number of fused-ring (bicyclic) bond motifs is 2. The van der Waals surface area contributed by atoms with Gasteiger partial charge in [-0.2, -0.15) is 13.2 Å². The van der Waals surface area contributed by atoms with E-state index in [0.29, 0.717) is 31.7 Å². The predicted molar refractivity (Wildman–Crippen MR) is 88.8 cm³/mol. The number of hydrogen-bond donors (Lipinski definition) is 1. The molecule has 2 aromatic rings. The number of benzene rings is 1. The number of ether oxygens (including phenoxy) is 1. The number of alkyl halides is 3. The zero-order valence-corrected chi connectivity index (χ0v) is 13.8. The third-order valence-electron chi connectivity index (χ3n) is 4.53. The van der Waals surface area contributed by atoms with Crippen molar-refractivity contribution in [3.63, 3.8) is 0 Å². The van der Waals surface area contributed by atoms with Gasteiger partial charge in [-0.3, -0.25) is 9.69 Å². The number of hydrogen-bond acceptors (Lipinski definition) is 4. The van der Waals surface area contributed by atoms with Gasteiger partial charge in [-0.05, 0) is 17.7 Å². The maximum Gasteiger partial charge on any atom is 0.449 e. The molecule has 2 aliphatic heterocycles. The van der Waals surface area contributed by atoms with Gasteiger partial charge in [-0.1, -0.05) is 18.2 Å². The average Bonchev–Trinajstić information content (AvgIpc) is 2.61. The topological polar surface area (TPSA) is 58.2 Å². The molecule has 8 heteroatoms. The van der Waals surface area contributed by atoms with Crippen molar-refractivity contribution >= 4 is 6.08 Å². The molecule has 0 fully saturated rings. The van der Waals surface area contributed by atoms with Gasteiger partial charge in [-0.15, -0.1) is 0 Å². The van der Waals surface area contributed by atoms with Crippen LogP contribution in [-0.4, -0.2) is 34.6 Å². The Hall–Kier alpha value is -2.61. The molecule has 5 nitrogen and oxygen atoms in total. The highest BCUT2D eigenvalue weighted by molar-refractivity contribution is 5.62. The second-order valence-electron chi connectivity index (χ2n) is 6.43. The summed E-state index contributed by atoms with van der Waals surface area (Å²) in [5.41, 5.74) is 1.88. The molecule has 1 aromatic heterocycles. The van der Waals surface area contributed by atoms with E-state index in [-0.39, 0.29) is 12.2 Å². The maximum absolute atomic E-state index is 12.8. The minimum absolute atomic E-state index is 0.233. The molecule has 3 heterocycles. The molecule has 0 saturated heterocycles. The van der Waals surface area contributed by atoms with Crippen molar-refractivity contribution in [3.05, 3.63) is 62.8 Å². The summed E-state index contributed by atoms with van der Waals surface area (Å²) in [6, 6.07) is 7.71. The second-order valence-corrected chi connectivity index (χ2v) is 6.43. The van der Waals surface area contributed by atoms with E-state index in [2.05, 4.69) is 11.1 Å². The number of halogens is 3. The Bertz CT molecular complexity index is 934. The lowest BCUT2D eigenvalue weighted by Gasteiger charge is -2.29. The summed E-state index contributed by atoms with van der Waals surface area (Å²) in [5, 5.41) is 0. The first-order valence-electron chi connectivity index (χ1n) is 8.23. The van der Waals surface area contributed by atoms with Crippen molar-refractivity contribution in [3.8, 4) is 5.75 Å². The van der Waals surface area contributed by atoms with Gasteiger partial charge < -0.3 is 9.72 Å². The van der Waals surface area contributed by atoms with E-state index in [1.807, 2.05) is 34.1 Å². The Kier molecular flexibility index (Phi) is 4.07. The standard InChI is InChI=1S/C18H16F3N3O2/c19-18(20,21)17-22-14-5-6-24(9-13(14)16(25)23-17)8-11-7-12-3-1-2-4-15(12)26-10-11/h1-4,7H,5-6,8-10H2,(H,22,23,25). The lowest BCUT2D eigenvalue weighted by Crippen LogP contribution is -2.38. The van der Waals surface area contributed by atoms with Crippen molar-refractivity contribution in [2.24, 2.45) is 0 Å². The fourth-order valence-corrected chi connectivity index (χ4v) is 3.29. The first-order chi connectivity index (χ1) is 12.4. The van der Waals surface area contributed by atoms with Crippen LogP contribution in [0.1, 0.15) is 22.6 Å². The monoisotopic (exact) mass is 363 g/mol.